The highest BCUT2D eigenvalue weighted by atomic mass is 32.2. The van der Waals surface area contributed by atoms with E-state index in [1.807, 2.05) is 24.8 Å². The minimum Gasteiger partial charge on any atom is -0.338 e. The molecule has 6 nitrogen and oxygen atoms in total. The molecule has 1 aromatic rings. The maximum absolute atomic E-state index is 12.9. The van der Waals surface area contributed by atoms with Gasteiger partial charge in [0.25, 0.3) is 5.91 Å². The zero-order valence-corrected chi connectivity index (χ0v) is 17.5. The molecule has 0 unspecified atom stereocenters. The van der Waals surface area contributed by atoms with Gasteiger partial charge in [0.05, 0.1) is 31.1 Å². The van der Waals surface area contributed by atoms with Crippen molar-refractivity contribution in [2.75, 3.05) is 45.8 Å². The van der Waals surface area contributed by atoms with Gasteiger partial charge in [0, 0.05) is 13.1 Å². The molecule has 2 aliphatic rings. The highest BCUT2D eigenvalue weighted by Crippen LogP contribution is 2.19. The number of hydrogen-bond donors (Lipinski definition) is 1. The number of sulfonamides is 1. The fraction of sp³-hybridized carbons (Fsp3) is 0.650. The van der Waals surface area contributed by atoms with E-state index in [2.05, 4.69) is 6.92 Å². The van der Waals surface area contributed by atoms with E-state index in [1.165, 1.54) is 11.3 Å². The molecule has 2 aliphatic heterocycles. The monoisotopic (exact) mass is 394 g/mol. The Morgan fingerprint density at radius 3 is 2.48 bits per heavy atom. The van der Waals surface area contributed by atoms with Crippen molar-refractivity contribution >= 4 is 15.9 Å². The van der Waals surface area contributed by atoms with Gasteiger partial charge in [-0.25, -0.2) is 8.42 Å². The molecule has 0 bridgehead atoms. The smallest absolute Gasteiger partial charge is 0.277 e. The average molecular weight is 395 g/mol. The summed E-state index contributed by atoms with van der Waals surface area (Å²) in [4.78, 5) is 16.1. The van der Waals surface area contributed by atoms with Crippen LogP contribution < -0.4 is 4.90 Å². The summed E-state index contributed by atoms with van der Waals surface area (Å²) in [6.45, 7) is 10.6. The summed E-state index contributed by atoms with van der Waals surface area (Å²) < 4.78 is 27.4. The van der Waals surface area contributed by atoms with E-state index in [0.717, 1.165) is 30.6 Å². The van der Waals surface area contributed by atoms with Gasteiger partial charge in [-0.1, -0.05) is 13.0 Å². The molecule has 7 heteroatoms. The first-order valence-corrected chi connectivity index (χ1v) is 11.4. The van der Waals surface area contributed by atoms with Crippen molar-refractivity contribution in [1.29, 1.82) is 0 Å². The van der Waals surface area contributed by atoms with Crippen molar-refractivity contribution in [1.82, 2.24) is 9.21 Å². The number of aryl methyl sites for hydroxylation is 2. The van der Waals surface area contributed by atoms with Crippen LogP contribution in [0.1, 0.15) is 30.9 Å². The number of rotatable bonds is 4. The fourth-order valence-electron chi connectivity index (χ4n) is 3.98. The molecule has 1 atom stereocenters. The number of piperidine rings is 1. The maximum atomic E-state index is 12.9. The van der Waals surface area contributed by atoms with E-state index in [9.17, 15) is 13.2 Å². The second-order valence-corrected chi connectivity index (χ2v) is 10.1. The van der Waals surface area contributed by atoms with E-state index < -0.39 is 10.0 Å². The molecule has 2 saturated heterocycles. The van der Waals surface area contributed by atoms with Crippen LogP contribution in [0.15, 0.2) is 23.1 Å². The quantitative estimate of drug-likeness (QED) is 0.807. The number of likely N-dealkylation sites (tertiary alicyclic amines) is 1. The summed E-state index contributed by atoms with van der Waals surface area (Å²) in [5, 5.41) is 0. The summed E-state index contributed by atoms with van der Waals surface area (Å²) in [6.07, 6.45) is 2.29. The summed E-state index contributed by atoms with van der Waals surface area (Å²) in [6, 6.07) is 5.31. The molecule has 0 saturated carbocycles. The van der Waals surface area contributed by atoms with Crippen LogP contribution in [0.25, 0.3) is 0 Å². The van der Waals surface area contributed by atoms with Gasteiger partial charge in [-0.15, -0.1) is 0 Å². The van der Waals surface area contributed by atoms with Crippen LogP contribution in [-0.4, -0.2) is 69.3 Å². The standard InChI is InChI=1S/C20H31N3O3S/c1-16-5-4-8-22(14-16)20(24)15-21-9-11-23(12-10-21)27(25,26)19-7-6-17(2)18(3)13-19/h6-7,13,16H,4-5,8-12,14-15H2,1-3H3/p+1/t16-/m0/s1. The average Bonchev–Trinajstić information content (AvgIpc) is 2.64. The first-order valence-electron chi connectivity index (χ1n) is 9.96. The summed E-state index contributed by atoms with van der Waals surface area (Å²) in [5.74, 6) is 0.791. The molecular formula is C20H32N3O3S+. The van der Waals surface area contributed by atoms with E-state index in [-0.39, 0.29) is 5.91 Å². The Bertz CT molecular complexity index is 786. The molecule has 0 spiro atoms. The third kappa shape index (κ3) is 4.70. The Labute approximate surface area is 163 Å². The molecule has 3 rings (SSSR count). The van der Waals surface area contributed by atoms with Crippen molar-refractivity contribution in [3.8, 4) is 0 Å². The lowest BCUT2D eigenvalue weighted by Crippen LogP contribution is -3.15. The number of benzene rings is 1. The van der Waals surface area contributed by atoms with Crippen LogP contribution in [0.5, 0.6) is 0 Å². The number of piperazine rings is 1. The number of amides is 1. The van der Waals surface area contributed by atoms with Gasteiger partial charge in [0.15, 0.2) is 6.54 Å². The third-order valence-electron chi connectivity index (χ3n) is 5.96. The molecule has 0 aliphatic carbocycles. The topological polar surface area (TPSA) is 62.1 Å². The van der Waals surface area contributed by atoms with E-state index in [0.29, 0.717) is 43.5 Å². The highest BCUT2D eigenvalue weighted by molar-refractivity contribution is 7.89. The van der Waals surface area contributed by atoms with Gasteiger partial charge in [-0.3, -0.25) is 4.79 Å². The lowest BCUT2D eigenvalue weighted by molar-refractivity contribution is -0.896. The van der Waals surface area contributed by atoms with Crippen molar-refractivity contribution in [3.05, 3.63) is 29.3 Å². The number of hydrogen-bond acceptors (Lipinski definition) is 3. The van der Waals surface area contributed by atoms with Crippen molar-refractivity contribution in [2.45, 2.75) is 38.5 Å². The number of quaternary nitrogens is 1. The minimum atomic E-state index is -3.46. The van der Waals surface area contributed by atoms with Gasteiger partial charge in [0.2, 0.25) is 10.0 Å². The first kappa shape index (κ1) is 20.3. The van der Waals surface area contributed by atoms with Crippen LogP contribution in [0.2, 0.25) is 0 Å². The first-order chi connectivity index (χ1) is 12.8. The van der Waals surface area contributed by atoms with Crippen LogP contribution >= 0.6 is 0 Å². The molecule has 1 N–H and O–H groups in total. The normalized spacial score (nSPS) is 22.8. The van der Waals surface area contributed by atoms with Gasteiger partial charge >= 0.3 is 0 Å². The van der Waals surface area contributed by atoms with Gasteiger partial charge in [-0.2, -0.15) is 4.31 Å². The highest BCUT2D eigenvalue weighted by Gasteiger charge is 2.32. The molecule has 27 heavy (non-hydrogen) atoms. The Hall–Kier alpha value is -1.44. The maximum Gasteiger partial charge on any atom is 0.277 e. The summed E-state index contributed by atoms with van der Waals surface area (Å²) in [5.41, 5.74) is 2.08. The van der Waals surface area contributed by atoms with E-state index >= 15 is 0 Å². The lowest BCUT2D eigenvalue weighted by atomic mass is 10.0. The van der Waals surface area contributed by atoms with Crippen LogP contribution in [-0.2, 0) is 14.8 Å². The summed E-state index contributed by atoms with van der Waals surface area (Å²) in [7, 11) is -3.46. The molecule has 0 radical (unpaired) electrons. The number of nitrogens with one attached hydrogen (secondary N) is 1. The van der Waals surface area contributed by atoms with Gasteiger partial charge < -0.3 is 9.80 Å². The zero-order valence-electron chi connectivity index (χ0n) is 16.7. The van der Waals surface area contributed by atoms with Crippen LogP contribution in [0.4, 0.5) is 0 Å². The molecule has 0 aromatic heterocycles. The predicted molar refractivity (Wildman–Crippen MR) is 105 cm³/mol. The van der Waals surface area contributed by atoms with Crippen molar-refractivity contribution in [3.63, 3.8) is 0 Å². The largest absolute Gasteiger partial charge is 0.338 e. The number of carbonyl (C=O) groups is 1. The second-order valence-electron chi connectivity index (χ2n) is 8.16. The summed E-state index contributed by atoms with van der Waals surface area (Å²) >= 11 is 0. The van der Waals surface area contributed by atoms with E-state index in [1.54, 1.807) is 16.4 Å². The molecule has 2 fully saturated rings. The van der Waals surface area contributed by atoms with Crippen molar-refractivity contribution < 1.29 is 18.1 Å². The molecule has 1 aromatic carbocycles. The Morgan fingerprint density at radius 2 is 1.85 bits per heavy atom. The van der Waals surface area contributed by atoms with Crippen molar-refractivity contribution in [2.24, 2.45) is 5.92 Å². The number of carbonyl (C=O) groups excluding carboxylic acids is 1. The fourth-order valence-corrected chi connectivity index (χ4v) is 5.51. The molecule has 1 amide bonds. The minimum absolute atomic E-state index is 0.210. The Balaban J connectivity index is 1.56. The van der Waals surface area contributed by atoms with Gasteiger partial charge in [0.1, 0.15) is 0 Å². The SMILES string of the molecule is Cc1ccc(S(=O)(=O)N2CC[NH+](CC(=O)N3CCC[C@H](C)C3)CC2)cc1C. The molecular weight excluding hydrogens is 362 g/mol. The number of nitrogens with zero attached hydrogens (tertiary/aromatic N) is 2. The molecule has 150 valence electrons. The lowest BCUT2D eigenvalue weighted by Gasteiger charge is -2.34. The predicted octanol–water partition coefficient (Wildman–Crippen LogP) is 0.451. The van der Waals surface area contributed by atoms with Crippen LogP contribution in [0, 0.1) is 19.8 Å². The van der Waals surface area contributed by atoms with Gasteiger partial charge in [-0.05, 0) is 55.9 Å². The van der Waals surface area contributed by atoms with E-state index in [4.69, 9.17) is 0 Å². The molecule has 2 heterocycles. The third-order valence-corrected chi connectivity index (χ3v) is 7.85. The Kier molecular flexibility index (Phi) is 6.23. The van der Waals surface area contributed by atoms with Crippen LogP contribution in [0.3, 0.4) is 0 Å². The second kappa shape index (κ2) is 8.29. The zero-order chi connectivity index (χ0) is 19.6. The Morgan fingerprint density at radius 1 is 1.15 bits per heavy atom.